The van der Waals surface area contributed by atoms with Crippen LogP contribution in [-0.2, 0) is 14.3 Å². The number of rotatable bonds is 8. The molecule has 1 aliphatic heterocycles. The molecule has 7 nitrogen and oxygen atoms in total. The molecule has 7 heteroatoms. The van der Waals surface area contributed by atoms with E-state index in [1.165, 1.54) is 0 Å². The van der Waals surface area contributed by atoms with Gasteiger partial charge >= 0.3 is 11.9 Å². The number of nitriles is 1. The van der Waals surface area contributed by atoms with Gasteiger partial charge in [0.25, 0.3) is 0 Å². The van der Waals surface area contributed by atoms with Crippen molar-refractivity contribution < 1.29 is 19.4 Å². The van der Waals surface area contributed by atoms with Crippen LogP contribution in [0.25, 0.3) is 6.08 Å². The van der Waals surface area contributed by atoms with E-state index in [2.05, 4.69) is 16.0 Å². The van der Waals surface area contributed by atoms with E-state index in [1.807, 2.05) is 36.4 Å². The lowest BCUT2D eigenvalue weighted by molar-refractivity contribution is -0.157. The van der Waals surface area contributed by atoms with E-state index in [0.29, 0.717) is 11.3 Å². The Balaban J connectivity index is 1.96. The predicted molar refractivity (Wildman–Crippen MR) is 124 cm³/mol. The molecular formula is C26H27N3O4. The van der Waals surface area contributed by atoms with E-state index in [-0.39, 0.29) is 19.4 Å². The summed E-state index contributed by atoms with van der Waals surface area (Å²) in [6.45, 7) is 3.51. The standard InChI is InChI=1S/C26H27N3O4/c1-18-22(24(30)33-17-6-10-20-8-4-3-5-9-20)23(21-11-15-28-16-12-21)26(25(31)32,13-7-14-27)19(2)29-18/h3-6,8-12,15-16,19,22-23H,7,13,17H2,1-2H3,(H,31,32). The van der Waals surface area contributed by atoms with Gasteiger partial charge in [-0.2, -0.15) is 5.26 Å². The molecule has 1 aliphatic rings. The number of carboxylic acid groups (broad SMARTS) is 1. The van der Waals surface area contributed by atoms with Crippen LogP contribution in [0.3, 0.4) is 0 Å². The van der Waals surface area contributed by atoms with E-state index in [4.69, 9.17) is 4.74 Å². The van der Waals surface area contributed by atoms with Crippen molar-refractivity contribution in [3.63, 3.8) is 0 Å². The molecule has 2 heterocycles. The van der Waals surface area contributed by atoms with Crippen molar-refractivity contribution >= 4 is 23.7 Å². The molecule has 0 aliphatic carbocycles. The average molecular weight is 446 g/mol. The second-order valence-electron chi connectivity index (χ2n) is 8.13. The van der Waals surface area contributed by atoms with Gasteiger partial charge in [0.2, 0.25) is 0 Å². The van der Waals surface area contributed by atoms with E-state index in [0.717, 1.165) is 5.56 Å². The second kappa shape index (κ2) is 10.7. The SMILES string of the molecule is CC1=NC(C)C(CCC#N)(C(=O)O)C(c2ccncc2)C1C(=O)OCC=Cc1ccccc1. The summed E-state index contributed by atoms with van der Waals surface area (Å²) in [6.07, 6.45) is 6.85. The highest BCUT2D eigenvalue weighted by Crippen LogP contribution is 2.52. The number of carbonyl (C=O) groups is 2. The average Bonchev–Trinajstić information content (AvgIpc) is 2.82. The molecule has 1 aromatic carbocycles. The van der Waals surface area contributed by atoms with Crippen LogP contribution in [0.5, 0.6) is 0 Å². The van der Waals surface area contributed by atoms with Crippen molar-refractivity contribution in [3.8, 4) is 6.07 Å². The van der Waals surface area contributed by atoms with Crippen molar-refractivity contribution in [2.75, 3.05) is 6.61 Å². The molecule has 0 amide bonds. The van der Waals surface area contributed by atoms with Gasteiger partial charge in [-0.25, -0.2) is 0 Å². The zero-order chi connectivity index (χ0) is 23.8. The van der Waals surface area contributed by atoms with Crippen LogP contribution in [0, 0.1) is 22.7 Å². The summed E-state index contributed by atoms with van der Waals surface area (Å²) in [5.74, 6) is -3.25. The molecule has 0 bridgehead atoms. The van der Waals surface area contributed by atoms with Crippen molar-refractivity contribution in [1.29, 1.82) is 5.26 Å². The molecule has 4 atom stereocenters. The molecule has 0 radical (unpaired) electrons. The largest absolute Gasteiger partial charge is 0.481 e. The van der Waals surface area contributed by atoms with E-state index in [9.17, 15) is 20.0 Å². The van der Waals surface area contributed by atoms with Gasteiger partial charge in [0.1, 0.15) is 12.5 Å². The maximum absolute atomic E-state index is 13.3. The fourth-order valence-corrected chi connectivity index (χ4v) is 4.68. The van der Waals surface area contributed by atoms with Gasteiger partial charge < -0.3 is 9.84 Å². The number of nitrogens with zero attached hydrogens (tertiary/aromatic N) is 3. The van der Waals surface area contributed by atoms with Crippen molar-refractivity contribution in [1.82, 2.24) is 4.98 Å². The number of aliphatic carboxylic acids is 1. The number of benzene rings is 1. The van der Waals surface area contributed by atoms with Crippen molar-refractivity contribution in [3.05, 3.63) is 72.1 Å². The number of pyridine rings is 1. The normalized spacial score (nSPS) is 24.6. The molecule has 0 spiro atoms. The third kappa shape index (κ3) is 5.01. The quantitative estimate of drug-likeness (QED) is 0.607. The van der Waals surface area contributed by atoms with Gasteiger partial charge in [-0.05, 0) is 49.6 Å². The number of hydrogen-bond donors (Lipinski definition) is 1. The monoisotopic (exact) mass is 445 g/mol. The van der Waals surface area contributed by atoms with Crippen molar-refractivity contribution in [2.45, 2.75) is 38.6 Å². The third-order valence-corrected chi connectivity index (χ3v) is 6.28. The summed E-state index contributed by atoms with van der Waals surface area (Å²) < 4.78 is 5.56. The first-order valence-corrected chi connectivity index (χ1v) is 10.8. The number of hydrogen-bond acceptors (Lipinski definition) is 6. The highest BCUT2D eigenvalue weighted by molar-refractivity contribution is 6.04. The lowest BCUT2D eigenvalue weighted by atomic mass is 9.58. The number of carbonyl (C=O) groups excluding carboxylic acids is 1. The number of aromatic nitrogens is 1. The maximum Gasteiger partial charge on any atom is 0.315 e. The Morgan fingerprint density at radius 3 is 2.55 bits per heavy atom. The fourth-order valence-electron chi connectivity index (χ4n) is 4.68. The summed E-state index contributed by atoms with van der Waals surface area (Å²) in [6, 6.07) is 14.5. The van der Waals surface area contributed by atoms with Crippen LogP contribution in [0.15, 0.2) is 65.9 Å². The Hall–Kier alpha value is -3.79. The molecule has 4 unspecified atom stereocenters. The van der Waals surface area contributed by atoms with Gasteiger partial charge in [-0.3, -0.25) is 19.6 Å². The minimum Gasteiger partial charge on any atom is -0.481 e. The fraction of sp³-hybridized carbons (Fsp3) is 0.346. The van der Waals surface area contributed by atoms with Crippen LogP contribution in [0.2, 0.25) is 0 Å². The molecule has 0 saturated heterocycles. The molecule has 0 fully saturated rings. The number of aliphatic imine (C=N–C) groups is 1. The molecule has 3 rings (SSSR count). The predicted octanol–water partition coefficient (Wildman–Crippen LogP) is 4.28. The first-order valence-electron chi connectivity index (χ1n) is 10.8. The second-order valence-corrected chi connectivity index (χ2v) is 8.13. The van der Waals surface area contributed by atoms with Gasteiger partial charge in [0.05, 0.1) is 17.5 Å². The smallest absolute Gasteiger partial charge is 0.315 e. The Bertz CT molecular complexity index is 1080. The Kier molecular flexibility index (Phi) is 7.73. The summed E-state index contributed by atoms with van der Waals surface area (Å²) >= 11 is 0. The van der Waals surface area contributed by atoms with Gasteiger partial charge in [-0.1, -0.05) is 36.4 Å². The zero-order valence-corrected chi connectivity index (χ0v) is 18.7. The highest BCUT2D eigenvalue weighted by Gasteiger charge is 2.58. The molecule has 1 aromatic heterocycles. The molecule has 170 valence electrons. The summed E-state index contributed by atoms with van der Waals surface area (Å²) in [7, 11) is 0. The Labute approximate surface area is 193 Å². The van der Waals surface area contributed by atoms with Gasteiger partial charge in [0, 0.05) is 30.4 Å². The maximum atomic E-state index is 13.3. The van der Waals surface area contributed by atoms with Crippen molar-refractivity contribution in [2.24, 2.45) is 16.3 Å². The lowest BCUT2D eigenvalue weighted by Gasteiger charge is -2.46. The lowest BCUT2D eigenvalue weighted by Crippen LogP contribution is -2.54. The Morgan fingerprint density at radius 1 is 1.21 bits per heavy atom. The summed E-state index contributed by atoms with van der Waals surface area (Å²) in [4.78, 5) is 34.6. The van der Waals surface area contributed by atoms with Gasteiger partial charge in [0.15, 0.2) is 0 Å². The van der Waals surface area contributed by atoms with Crippen LogP contribution >= 0.6 is 0 Å². The van der Waals surface area contributed by atoms with E-state index < -0.39 is 35.2 Å². The van der Waals surface area contributed by atoms with Crippen LogP contribution in [0.4, 0.5) is 0 Å². The zero-order valence-electron chi connectivity index (χ0n) is 18.7. The minimum absolute atomic E-state index is 0.0361. The first-order chi connectivity index (χ1) is 15.9. The van der Waals surface area contributed by atoms with Crippen LogP contribution in [-0.4, -0.2) is 40.4 Å². The van der Waals surface area contributed by atoms with E-state index >= 15 is 0 Å². The Morgan fingerprint density at radius 2 is 1.91 bits per heavy atom. The number of carboxylic acids is 1. The molecule has 33 heavy (non-hydrogen) atoms. The summed E-state index contributed by atoms with van der Waals surface area (Å²) in [5.41, 5.74) is 0.734. The number of esters is 1. The van der Waals surface area contributed by atoms with Crippen LogP contribution < -0.4 is 0 Å². The molecule has 2 aromatic rings. The van der Waals surface area contributed by atoms with Crippen LogP contribution in [0.1, 0.15) is 43.7 Å². The van der Waals surface area contributed by atoms with E-state index in [1.54, 1.807) is 44.4 Å². The third-order valence-electron chi connectivity index (χ3n) is 6.28. The first kappa shape index (κ1) is 23.9. The number of ether oxygens (including phenoxy) is 1. The summed E-state index contributed by atoms with van der Waals surface area (Å²) in [5, 5.41) is 19.6. The minimum atomic E-state index is -1.43. The highest BCUT2D eigenvalue weighted by atomic mass is 16.5. The molecule has 0 saturated carbocycles. The topological polar surface area (TPSA) is 113 Å². The van der Waals surface area contributed by atoms with Gasteiger partial charge in [-0.15, -0.1) is 0 Å². The molecular weight excluding hydrogens is 418 g/mol. The molecule has 1 N–H and O–H groups in total.